The Morgan fingerprint density at radius 3 is 2.61 bits per heavy atom. The van der Waals surface area contributed by atoms with Crippen LogP contribution in [0.4, 0.5) is 5.69 Å². The summed E-state index contributed by atoms with van der Waals surface area (Å²) in [6.45, 7) is 7.31. The van der Waals surface area contributed by atoms with Gasteiger partial charge in [0.2, 0.25) is 5.91 Å². The van der Waals surface area contributed by atoms with Crippen molar-refractivity contribution < 1.29 is 23.9 Å². The number of rotatable bonds is 5. The lowest BCUT2D eigenvalue weighted by atomic mass is 9.95. The summed E-state index contributed by atoms with van der Waals surface area (Å²) in [4.78, 5) is 49.8. The molecule has 0 atom stereocenters. The number of ether oxygens (including phenoxy) is 1. The second kappa shape index (κ2) is 7.56. The van der Waals surface area contributed by atoms with Gasteiger partial charge in [-0.3, -0.25) is 19.3 Å². The van der Waals surface area contributed by atoms with Crippen LogP contribution in [0, 0.1) is 0 Å². The highest BCUT2D eigenvalue weighted by molar-refractivity contribution is 6.08. The summed E-state index contributed by atoms with van der Waals surface area (Å²) in [5.74, 6) is -1.93. The molecule has 2 aromatic carbocycles. The van der Waals surface area contributed by atoms with E-state index in [0.717, 1.165) is 27.9 Å². The Kier molecular flexibility index (Phi) is 4.90. The van der Waals surface area contributed by atoms with Gasteiger partial charge in [0, 0.05) is 11.3 Å². The third-order valence-electron chi connectivity index (χ3n) is 5.29. The fourth-order valence-corrected chi connectivity index (χ4v) is 3.72. The smallest absolute Gasteiger partial charge is 0.353 e. The molecule has 31 heavy (non-hydrogen) atoms. The van der Waals surface area contributed by atoms with Gasteiger partial charge in [-0.2, -0.15) is 0 Å². The van der Waals surface area contributed by atoms with Crippen molar-refractivity contribution in [3.8, 4) is 11.1 Å². The van der Waals surface area contributed by atoms with Gasteiger partial charge in [-0.1, -0.05) is 31.4 Å². The summed E-state index contributed by atoms with van der Waals surface area (Å²) in [6.07, 6.45) is 0.310. The minimum Gasteiger partial charge on any atom is -0.464 e. The third-order valence-corrected chi connectivity index (χ3v) is 5.29. The second-order valence-electron chi connectivity index (χ2n) is 7.19. The molecule has 8 heteroatoms. The van der Waals surface area contributed by atoms with Gasteiger partial charge in [-0.15, -0.1) is 0 Å². The first kappa shape index (κ1) is 20.1. The van der Waals surface area contributed by atoms with Crippen LogP contribution in [0.2, 0.25) is 0 Å². The highest BCUT2D eigenvalue weighted by Gasteiger charge is 2.34. The lowest BCUT2D eigenvalue weighted by Crippen LogP contribution is -2.36. The molecule has 2 aromatic rings. The van der Waals surface area contributed by atoms with E-state index in [1.165, 1.54) is 12.0 Å². The summed E-state index contributed by atoms with van der Waals surface area (Å²) < 4.78 is 4.50. The lowest BCUT2D eigenvalue weighted by Gasteiger charge is -2.18. The number of benzene rings is 2. The van der Waals surface area contributed by atoms with Crippen LogP contribution in [-0.4, -0.2) is 35.7 Å². The maximum absolute atomic E-state index is 12.9. The van der Waals surface area contributed by atoms with Gasteiger partial charge in [0.05, 0.1) is 20.1 Å². The number of anilines is 1. The van der Waals surface area contributed by atoms with E-state index in [9.17, 15) is 19.2 Å². The zero-order valence-corrected chi connectivity index (χ0v) is 16.8. The van der Waals surface area contributed by atoms with E-state index >= 15 is 0 Å². The highest BCUT2D eigenvalue weighted by Crippen LogP contribution is 2.36. The second-order valence-corrected chi connectivity index (χ2v) is 7.19. The first-order valence-corrected chi connectivity index (χ1v) is 9.44. The number of hydrogen-bond acceptors (Lipinski definition) is 5. The molecular formula is C23H19N3O5. The Morgan fingerprint density at radius 1 is 1.13 bits per heavy atom. The molecule has 0 spiro atoms. The van der Waals surface area contributed by atoms with E-state index in [1.807, 2.05) is 24.3 Å². The molecule has 0 bridgehead atoms. The third kappa shape index (κ3) is 3.48. The fourth-order valence-electron chi connectivity index (χ4n) is 3.72. The summed E-state index contributed by atoms with van der Waals surface area (Å²) >= 11 is 0. The minimum atomic E-state index is -0.788. The van der Waals surface area contributed by atoms with Gasteiger partial charge in [-0.05, 0) is 40.5 Å². The summed E-state index contributed by atoms with van der Waals surface area (Å²) in [6, 6.07) is 11.0. The highest BCUT2D eigenvalue weighted by atomic mass is 16.5. The van der Waals surface area contributed by atoms with Crippen molar-refractivity contribution in [2.75, 3.05) is 12.4 Å². The average Bonchev–Trinajstić information content (AvgIpc) is 3.30. The summed E-state index contributed by atoms with van der Waals surface area (Å²) in [7, 11) is 1.17. The van der Waals surface area contributed by atoms with Crippen molar-refractivity contribution in [3.05, 3.63) is 77.6 Å². The molecule has 0 saturated heterocycles. The number of hydrogen-bond donors (Lipinski definition) is 2. The van der Waals surface area contributed by atoms with Crippen molar-refractivity contribution in [1.82, 2.24) is 10.2 Å². The molecule has 0 fully saturated rings. The molecular weight excluding hydrogens is 398 g/mol. The Balaban J connectivity index is 1.60. The maximum Gasteiger partial charge on any atom is 0.353 e. The average molecular weight is 417 g/mol. The summed E-state index contributed by atoms with van der Waals surface area (Å²) in [5.41, 5.74) is 4.25. The molecule has 0 unspecified atom stereocenters. The van der Waals surface area contributed by atoms with Crippen LogP contribution in [0.15, 0.2) is 61.0 Å². The van der Waals surface area contributed by atoms with E-state index < -0.39 is 11.9 Å². The Morgan fingerprint density at radius 2 is 1.87 bits per heavy atom. The summed E-state index contributed by atoms with van der Waals surface area (Å²) in [5, 5.41) is 5.09. The number of methoxy groups -OCH3 is 1. The van der Waals surface area contributed by atoms with Crippen LogP contribution in [0.25, 0.3) is 11.1 Å². The topological polar surface area (TPSA) is 105 Å². The molecule has 0 aromatic heterocycles. The number of esters is 1. The van der Waals surface area contributed by atoms with Crippen molar-refractivity contribution in [2.24, 2.45) is 0 Å². The minimum absolute atomic E-state index is 0.0531. The number of carbonyl (C=O) groups is 4. The molecule has 0 radical (unpaired) electrons. The van der Waals surface area contributed by atoms with Crippen LogP contribution < -0.4 is 10.6 Å². The lowest BCUT2D eigenvalue weighted by molar-refractivity contribution is -0.137. The predicted molar refractivity (Wildman–Crippen MR) is 113 cm³/mol. The molecule has 2 aliphatic rings. The normalized spacial score (nSPS) is 13.9. The first-order chi connectivity index (χ1) is 14.8. The zero-order valence-electron chi connectivity index (χ0n) is 16.8. The molecule has 0 saturated carbocycles. The number of fused-ring (bicyclic) bond motifs is 2. The van der Waals surface area contributed by atoms with E-state index in [4.69, 9.17) is 0 Å². The van der Waals surface area contributed by atoms with Crippen LogP contribution in [0.5, 0.6) is 0 Å². The van der Waals surface area contributed by atoms with Gasteiger partial charge < -0.3 is 15.4 Å². The standard InChI is InChI=1S/C23H19N3O5/c1-12(23(30)31-3)24-21(28)13(2)26-11-18-16(5-4-6-17(18)22(26)29)14-7-8-19-15(9-14)10-20(27)25-19/h4-9H,1-2,10-11H2,3H3,(H,24,28)(H,25,27). The van der Waals surface area contributed by atoms with Crippen LogP contribution in [0.3, 0.4) is 0 Å². The Labute approximate surface area is 178 Å². The Hall–Kier alpha value is -4.20. The molecule has 2 heterocycles. The van der Waals surface area contributed by atoms with Crippen LogP contribution in [0.1, 0.15) is 21.5 Å². The van der Waals surface area contributed by atoms with Crippen molar-refractivity contribution in [3.63, 3.8) is 0 Å². The van der Waals surface area contributed by atoms with Crippen molar-refractivity contribution >= 4 is 29.4 Å². The molecule has 156 valence electrons. The van der Waals surface area contributed by atoms with E-state index in [1.54, 1.807) is 12.1 Å². The van der Waals surface area contributed by atoms with Crippen molar-refractivity contribution in [1.29, 1.82) is 0 Å². The number of amides is 3. The van der Waals surface area contributed by atoms with E-state index in [2.05, 4.69) is 28.5 Å². The maximum atomic E-state index is 12.9. The van der Waals surface area contributed by atoms with E-state index in [0.29, 0.717) is 12.0 Å². The first-order valence-electron chi connectivity index (χ1n) is 9.44. The SMILES string of the molecule is C=C(NC(=O)C(=C)N1Cc2c(cccc2-c2ccc3c(c2)CC(=O)N3)C1=O)C(=O)OC. The molecule has 0 aliphatic carbocycles. The zero-order chi connectivity index (χ0) is 22.3. The molecule has 8 nitrogen and oxygen atoms in total. The van der Waals surface area contributed by atoms with Crippen LogP contribution in [-0.2, 0) is 32.1 Å². The van der Waals surface area contributed by atoms with E-state index in [-0.39, 0.29) is 29.8 Å². The quantitative estimate of drug-likeness (QED) is 0.573. The largest absolute Gasteiger partial charge is 0.464 e. The van der Waals surface area contributed by atoms with Crippen molar-refractivity contribution in [2.45, 2.75) is 13.0 Å². The van der Waals surface area contributed by atoms with Gasteiger partial charge in [0.25, 0.3) is 11.8 Å². The molecule has 2 N–H and O–H groups in total. The van der Waals surface area contributed by atoms with Crippen LogP contribution >= 0.6 is 0 Å². The number of carbonyl (C=O) groups excluding carboxylic acids is 4. The molecule has 3 amide bonds. The van der Waals surface area contributed by atoms with Gasteiger partial charge in [0.15, 0.2) is 0 Å². The van der Waals surface area contributed by atoms with Gasteiger partial charge >= 0.3 is 5.97 Å². The predicted octanol–water partition coefficient (Wildman–Crippen LogP) is 2.12. The molecule has 4 rings (SSSR count). The monoisotopic (exact) mass is 417 g/mol. The fraction of sp³-hybridized carbons (Fsp3) is 0.130. The number of nitrogens with zero attached hydrogens (tertiary/aromatic N) is 1. The Bertz CT molecular complexity index is 1200. The molecule has 2 aliphatic heterocycles. The van der Waals surface area contributed by atoms with Gasteiger partial charge in [0.1, 0.15) is 11.4 Å². The van der Waals surface area contributed by atoms with Gasteiger partial charge in [-0.25, -0.2) is 4.79 Å². The number of nitrogens with one attached hydrogen (secondary N) is 2.